The highest BCUT2D eigenvalue weighted by atomic mass is 16.7. The fraction of sp³-hybridized carbons (Fsp3) is 0.200. The van der Waals surface area contributed by atoms with Gasteiger partial charge in [0.25, 0.3) is 5.91 Å². The summed E-state index contributed by atoms with van der Waals surface area (Å²) in [5.41, 5.74) is 3.14. The van der Waals surface area contributed by atoms with Crippen LogP contribution in [0, 0.1) is 0 Å². The summed E-state index contributed by atoms with van der Waals surface area (Å²) >= 11 is 0. The van der Waals surface area contributed by atoms with E-state index in [4.69, 9.17) is 14.7 Å². The molecule has 0 saturated carbocycles. The predicted molar refractivity (Wildman–Crippen MR) is 101 cm³/mol. The standard InChI is InChI=1S/C20H20N2O7/c23-17(13-29-22-19(26)15-9-5-2-6-10-15)16(11-18(24)25)21-20(27)28-12-14-7-3-1-4-8-14/h1-10,16H,11-13H2,(H,21,27)(H,22,26)(H,24,25)/t16-/m0/s1. The number of rotatable bonds is 10. The lowest BCUT2D eigenvalue weighted by molar-refractivity contribution is -0.140. The van der Waals surface area contributed by atoms with Crippen molar-refractivity contribution in [2.45, 2.75) is 19.1 Å². The van der Waals surface area contributed by atoms with Gasteiger partial charge in [0.1, 0.15) is 19.3 Å². The van der Waals surface area contributed by atoms with Crippen molar-refractivity contribution in [3.05, 3.63) is 71.8 Å². The lowest BCUT2D eigenvalue weighted by atomic mass is 10.1. The van der Waals surface area contributed by atoms with Gasteiger partial charge in [-0.1, -0.05) is 48.5 Å². The van der Waals surface area contributed by atoms with Crippen LogP contribution in [0.1, 0.15) is 22.3 Å². The first-order valence-electron chi connectivity index (χ1n) is 8.64. The van der Waals surface area contributed by atoms with Gasteiger partial charge in [-0.05, 0) is 17.7 Å². The minimum Gasteiger partial charge on any atom is -0.481 e. The number of hydrogen-bond acceptors (Lipinski definition) is 6. The number of carbonyl (C=O) groups excluding carboxylic acids is 3. The van der Waals surface area contributed by atoms with Crippen LogP contribution in [0.15, 0.2) is 60.7 Å². The van der Waals surface area contributed by atoms with E-state index in [1.807, 2.05) is 6.07 Å². The van der Waals surface area contributed by atoms with Gasteiger partial charge in [-0.3, -0.25) is 19.2 Å². The van der Waals surface area contributed by atoms with Crippen molar-refractivity contribution in [1.29, 1.82) is 0 Å². The molecule has 2 aromatic carbocycles. The van der Waals surface area contributed by atoms with Gasteiger partial charge < -0.3 is 15.2 Å². The number of amides is 2. The monoisotopic (exact) mass is 400 g/mol. The van der Waals surface area contributed by atoms with Crippen LogP contribution in [-0.2, 0) is 25.8 Å². The van der Waals surface area contributed by atoms with Crippen molar-refractivity contribution < 1.29 is 33.9 Å². The van der Waals surface area contributed by atoms with Crippen molar-refractivity contribution >= 4 is 23.8 Å². The van der Waals surface area contributed by atoms with Crippen LogP contribution in [0.4, 0.5) is 4.79 Å². The van der Waals surface area contributed by atoms with Gasteiger partial charge in [-0.15, -0.1) is 0 Å². The second-order valence-corrected chi connectivity index (χ2v) is 5.91. The van der Waals surface area contributed by atoms with Crippen LogP contribution in [0.2, 0.25) is 0 Å². The van der Waals surface area contributed by atoms with Gasteiger partial charge in [-0.2, -0.15) is 0 Å². The number of ketones is 1. The lowest BCUT2D eigenvalue weighted by Gasteiger charge is -2.16. The third-order valence-corrected chi connectivity index (χ3v) is 3.69. The van der Waals surface area contributed by atoms with E-state index in [2.05, 4.69) is 10.8 Å². The Balaban J connectivity index is 1.82. The normalized spacial score (nSPS) is 11.2. The number of Topliss-reactive ketones (excluding diaryl/α,β-unsaturated/α-hetero) is 1. The summed E-state index contributed by atoms with van der Waals surface area (Å²) in [6, 6.07) is 15.6. The predicted octanol–water partition coefficient (Wildman–Crippen LogP) is 1.69. The second kappa shape index (κ2) is 11.2. The summed E-state index contributed by atoms with van der Waals surface area (Å²) < 4.78 is 4.99. The fourth-order valence-electron chi connectivity index (χ4n) is 2.25. The van der Waals surface area contributed by atoms with Gasteiger partial charge in [-0.25, -0.2) is 10.3 Å². The number of hydroxylamine groups is 1. The largest absolute Gasteiger partial charge is 0.481 e. The molecule has 2 rings (SSSR count). The molecular weight excluding hydrogens is 380 g/mol. The average Bonchev–Trinajstić information content (AvgIpc) is 2.72. The molecule has 2 amide bonds. The second-order valence-electron chi connectivity index (χ2n) is 5.91. The molecule has 0 saturated heterocycles. The molecule has 0 unspecified atom stereocenters. The Bertz CT molecular complexity index is 840. The van der Waals surface area contributed by atoms with Crippen molar-refractivity contribution in [2.75, 3.05) is 6.61 Å². The number of alkyl carbamates (subject to hydrolysis) is 1. The van der Waals surface area contributed by atoms with Crippen molar-refractivity contribution in [1.82, 2.24) is 10.8 Å². The average molecular weight is 400 g/mol. The number of aliphatic carboxylic acids is 1. The maximum atomic E-state index is 12.2. The Morgan fingerprint density at radius 2 is 1.55 bits per heavy atom. The molecule has 0 heterocycles. The van der Waals surface area contributed by atoms with E-state index in [1.54, 1.807) is 54.6 Å². The number of carbonyl (C=O) groups is 4. The smallest absolute Gasteiger partial charge is 0.408 e. The van der Waals surface area contributed by atoms with E-state index in [9.17, 15) is 19.2 Å². The van der Waals surface area contributed by atoms with Crippen molar-refractivity contribution in [2.24, 2.45) is 0 Å². The van der Waals surface area contributed by atoms with E-state index >= 15 is 0 Å². The summed E-state index contributed by atoms with van der Waals surface area (Å²) in [4.78, 5) is 51.8. The number of carboxylic acid groups (broad SMARTS) is 1. The highest BCUT2D eigenvalue weighted by Gasteiger charge is 2.25. The quantitative estimate of drug-likeness (QED) is 0.517. The SMILES string of the molecule is O=C(O)C[C@H](NC(=O)OCc1ccccc1)C(=O)CONC(=O)c1ccccc1. The number of benzene rings is 2. The van der Waals surface area contributed by atoms with Gasteiger partial charge in [0.15, 0.2) is 5.78 Å². The van der Waals surface area contributed by atoms with Gasteiger partial charge in [0.05, 0.1) is 6.42 Å². The maximum Gasteiger partial charge on any atom is 0.408 e. The van der Waals surface area contributed by atoms with Crippen LogP contribution in [0.25, 0.3) is 0 Å². The molecule has 0 aliphatic carbocycles. The first kappa shape index (κ1) is 21.6. The summed E-state index contributed by atoms with van der Waals surface area (Å²) in [5, 5.41) is 11.2. The molecular formula is C20H20N2O7. The zero-order chi connectivity index (χ0) is 21.1. The highest BCUT2D eigenvalue weighted by Crippen LogP contribution is 2.03. The zero-order valence-corrected chi connectivity index (χ0v) is 15.4. The molecule has 29 heavy (non-hydrogen) atoms. The number of nitrogens with one attached hydrogen (secondary N) is 2. The Hall–Kier alpha value is -3.72. The van der Waals surface area contributed by atoms with E-state index in [1.165, 1.54) is 0 Å². The molecule has 0 aromatic heterocycles. The molecule has 2 aromatic rings. The molecule has 152 valence electrons. The molecule has 3 N–H and O–H groups in total. The molecule has 1 atom stereocenters. The molecule has 0 radical (unpaired) electrons. The Morgan fingerprint density at radius 3 is 2.17 bits per heavy atom. The topological polar surface area (TPSA) is 131 Å². The first-order valence-corrected chi connectivity index (χ1v) is 8.64. The Labute approximate surface area is 166 Å². The Morgan fingerprint density at radius 1 is 0.931 bits per heavy atom. The first-order chi connectivity index (χ1) is 14.0. The third kappa shape index (κ3) is 7.81. The van der Waals surface area contributed by atoms with Gasteiger partial charge in [0.2, 0.25) is 0 Å². The van der Waals surface area contributed by atoms with Crippen LogP contribution in [-0.4, -0.2) is 41.5 Å². The molecule has 0 fully saturated rings. The summed E-state index contributed by atoms with van der Waals surface area (Å²) in [7, 11) is 0. The van der Waals surface area contributed by atoms with Crippen LogP contribution >= 0.6 is 0 Å². The van der Waals surface area contributed by atoms with Crippen molar-refractivity contribution in [3.8, 4) is 0 Å². The zero-order valence-electron chi connectivity index (χ0n) is 15.4. The number of carboxylic acids is 1. The lowest BCUT2D eigenvalue weighted by Crippen LogP contribution is -2.45. The minimum atomic E-state index is -1.37. The highest BCUT2D eigenvalue weighted by molar-refractivity contribution is 5.94. The Kier molecular flexibility index (Phi) is 8.33. The van der Waals surface area contributed by atoms with Crippen LogP contribution in [0.3, 0.4) is 0 Å². The molecule has 0 aliphatic rings. The van der Waals surface area contributed by atoms with E-state index < -0.39 is 42.8 Å². The van der Waals surface area contributed by atoms with Crippen molar-refractivity contribution in [3.63, 3.8) is 0 Å². The molecule has 0 bridgehead atoms. The summed E-state index contributed by atoms with van der Waals surface area (Å²) in [6.45, 7) is -0.667. The van der Waals surface area contributed by atoms with Gasteiger partial charge in [0, 0.05) is 5.56 Å². The van der Waals surface area contributed by atoms with Gasteiger partial charge >= 0.3 is 12.1 Å². The molecule has 9 heteroatoms. The molecule has 9 nitrogen and oxygen atoms in total. The third-order valence-electron chi connectivity index (χ3n) is 3.69. The number of ether oxygens (including phenoxy) is 1. The fourth-order valence-corrected chi connectivity index (χ4v) is 2.25. The van der Waals surface area contributed by atoms with E-state index in [0.29, 0.717) is 5.56 Å². The molecule has 0 spiro atoms. The van der Waals surface area contributed by atoms with E-state index in [0.717, 1.165) is 5.56 Å². The summed E-state index contributed by atoms with van der Waals surface area (Å²) in [6.07, 6.45) is -1.60. The van der Waals surface area contributed by atoms with E-state index in [-0.39, 0.29) is 6.61 Å². The summed E-state index contributed by atoms with van der Waals surface area (Å²) in [5.74, 6) is -2.60. The number of hydrogen-bond donors (Lipinski definition) is 3. The van der Waals surface area contributed by atoms with Crippen LogP contribution in [0.5, 0.6) is 0 Å². The minimum absolute atomic E-state index is 0.0374. The molecule has 0 aliphatic heterocycles. The maximum absolute atomic E-state index is 12.2. The van der Waals surface area contributed by atoms with Crippen LogP contribution < -0.4 is 10.8 Å².